The summed E-state index contributed by atoms with van der Waals surface area (Å²) in [5, 5.41) is 8.83. The quantitative estimate of drug-likeness (QED) is 0.731. The van der Waals surface area contributed by atoms with Gasteiger partial charge in [0.15, 0.2) is 0 Å². The van der Waals surface area contributed by atoms with Crippen LogP contribution in [0.2, 0.25) is 0 Å². The van der Waals surface area contributed by atoms with E-state index in [0.29, 0.717) is 18.5 Å². The second-order valence-electron chi connectivity index (χ2n) is 4.18. The molecule has 1 aromatic heterocycles. The predicted molar refractivity (Wildman–Crippen MR) is 71.1 cm³/mol. The number of sulfonamides is 1. The van der Waals surface area contributed by atoms with Crippen LogP contribution in [0.3, 0.4) is 0 Å². The molecule has 1 unspecified atom stereocenters. The number of nitrogens with one attached hydrogen (secondary N) is 1. The van der Waals surface area contributed by atoms with Crippen LogP contribution in [0, 0.1) is 5.92 Å². The third-order valence-corrected chi connectivity index (χ3v) is 4.09. The number of pyridine rings is 1. The van der Waals surface area contributed by atoms with Gasteiger partial charge in [-0.15, -0.1) is 0 Å². The molecule has 1 heterocycles. The number of nitrogens with zero attached hydrogens (tertiary/aromatic N) is 1. The van der Waals surface area contributed by atoms with Gasteiger partial charge in [-0.1, -0.05) is 13.0 Å². The highest BCUT2D eigenvalue weighted by atomic mass is 32.2. The second kappa shape index (κ2) is 7.20. The molecule has 106 valence electrons. The number of carbonyl (C=O) groups is 1. The van der Waals surface area contributed by atoms with Crippen LogP contribution in [0.5, 0.6) is 0 Å². The zero-order valence-corrected chi connectivity index (χ0v) is 11.6. The molecule has 19 heavy (non-hydrogen) atoms. The van der Waals surface area contributed by atoms with Crippen LogP contribution in [-0.2, 0) is 21.2 Å². The van der Waals surface area contributed by atoms with Crippen LogP contribution < -0.4 is 4.72 Å². The van der Waals surface area contributed by atoms with Crippen molar-refractivity contribution >= 4 is 16.0 Å². The van der Waals surface area contributed by atoms with Crippen molar-refractivity contribution in [2.45, 2.75) is 19.8 Å². The van der Waals surface area contributed by atoms with Gasteiger partial charge in [-0.25, -0.2) is 13.1 Å². The monoisotopic (exact) mass is 286 g/mol. The Balaban J connectivity index is 2.46. The molecule has 0 aliphatic heterocycles. The first kappa shape index (κ1) is 15.6. The van der Waals surface area contributed by atoms with Crippen LogP contribution in [0.1, 0.15) is 19.0 Å². The van der Waals surface area contributed by atoms with Gasteiger partial charge in [-0.05, 0) is 18.6 Å². The highest BCUT2D eigenvalue weighted by Gasteiger charge is 2.18. The zero-order valence-electron chi connectivity index (χ0n) is 10.7. The van der Waals surface area contributed by atoms with E-state index in [1.54, 1.807) is 31.3 Å². The van der Waals surface area contributed by atoms with E-state index >= 15 is 0 Å². The van der Waals surface area contributed by atoms with E-state index in [4.69, 9.17) is 5.11 Å². The van der Waals surface area contributed by atoms with Crippen molar-refractivity contribution in [3.63, 3.8) is 0 Å². The van der Waals surface area contributed by atoms with Gasteiger partial charge in [0.1, 0.15) is 0 Å². The number of hydrogen-bond acceptors (Lipinski definition) is 4. The summed E-state index contributed by atoms with van der Waals surface area (Å²) in [6.45, 7) is 1.64. The maximum absolute atomic E-state index is 11.7. The number of carboxylic acids is 1. The maximum Gasteiger partial charge on any atom is 0.307 e. The maximum atomic E-state index is 11.7. The SMILES string of the molecule is CCC(CNS(=O)(=O)CCc1ccccn1)C(=O)O. The van der Waals surface area contributed by atoms with Crippen molar-refractivity contribution in [3.05, 3.63) is 30.1 Å². The Morgan fingerprint density at radius 3 is 2.74 bits per heavy atom. The van der Waals surface area contributed by atoms with Gasteiger partial charge in [0.25, 0.3) is 0 Å². The Morgan fingerprint density at radius 1 is 1.47 bits per heavy atom. The molecule has 1 atom stereocenters. The molecule has 0 spiro atoms. The Labute approximate surface area is 112 Å². The van der Waals surface area contributed by atoms with Gasteiger partial charge in [0.05, 0.1) is 11.7 Å². The Morgan fingerprint density at radius 2 is 2.21 bits per heavy atom. The Kier molecular flexibility index (Phi) is 5.91. The molecule has 0 aliphatic rings. The molecule has 0 saturated carbocycles. The number of hydrogen-bond donors (Lipinski definition) is 2. The molecule has 2 N–H and O–H groups in total. The minimum Gasteiger partial charge on any atom is -0.481 e. The molecule has 0 aromatic carbocycles. The van der Waals surface area contributed by atoms with Gasteiger partial charge in [0.2, 0.25) is 10.0 Å². The molecule has 1 rings (SSSR count). The average molecular weight is 286 g/mol. The van der Waals surface area contributed by atoms with Crippen LogP contribution in [0.15, 0.2) is 24.4 Å². The number of rotatable bonds is 8. The van der Waals surface area contributed by atoms with Gasteiger partial charge in [-0.3, -0.25) is 9.78 Å². The fourth-order valence-corrected chi connectivity index (χ4v) is 2.57. The summed E-state index contributed by atoms with van der Waals surface area (Å²) < 4.78 is 25.8. The smallest absolute Gasteiger partial charge is 0.307 e. The van der Waals surface area contributed by atoms with E-state index in [0.717, 1.165) is 0 Å². The van der Waals surface area contributed by atoms with Crippen molar-refractivity contribution < 1.29 is 18.3 Å². The lowest BCUT2D eigenvalue weighted by Crippen LogP contribution is -2.34. The first-order valence-electron chi connectivity index (χ1n) is 6.04. The van der Waals surface area contributed by atoms with E-state index in [1.165, 1.54) is 0 Å². The average Bonchev–Trinajstić information content (AvgIpc) is 2.38. The van der Waals surface area contributed by atoms with Gasteiger partial charge >= 0.3 is 5.97 Å². The highest BCUT2D eigenvalue weighted by molar-refractivity contribution is 7.89. The topological polar surface area (TPSA) is 96.4 Å². The standard InChI is InChI=1S/C12H18N2O4S/c1-2-10(12(15)16)9-14-19(17,18)8-6-11-5-3-4-7-13-11/h3-5,7,10,14H,2,6,8-9H2,1H3,(H,15,16). The molecule has 1 aromatic rings. The fraction of sp³-hybridized carbons (Fsp3) is 0.500. The molecule has 0 aliphatic carbocycles. The highest BCUT2D eigenvalue weighted by Crippen LogP contribution is 2.03. The van der Waals surface area contributed by atoms with Crippen LogP contribution in [-0.4, -0.2) is 36.8 Å². The van der Waals surface area contributed by atoms with Crippen molar-refractivity contribution in [2.24, 2.45) is 5.92 Å². The third kappa shape index (κ3) is 5.80. The summed E-state index contributed by atoms with van der Waals surface area (Å²) >= 11 is 0. The minimum absolute atomic E-state index is 0.0730. The largest absolute Gasteiger partial charge is 0.481 e. The van der Waals surface area contributed by atoms with Gasteiger partial charge in [0, 0.05) is 24.9 Å². The number of aromatic nitrogens is 1. The van der Waals surface area contributed by atoms with Crippen molar-refractivity contribution in [3.8, 4) is 0 Å². The van der Waals surface area contributed by atoms with Crippen LogP contribution in [0.4, 0.5) is 0 Å². The lowest BCUT2D eigenvalue weighted by Gasteiger charge is -2.11. The van der Waals surface area contributed by atoms with Crippen molar-refractivity contribution in [1.29, 1.82) is 0 Å². The minimum atomic E-state index is -3.47. The van der Waals surface area contributed by atoms with Crippen LogP contribution in [0.25, 0.3) is 0 Å². The van der Waals surface area contributed by atoms with E-state index in [9.17, 15) is 13.2 Å². The Bertz CT molecular complexity index is 502. The molecule has 0 fully saturated rings. The van der Waals surface area contributed by atoms with Gasteiger partial charge < -0.3 is 5.11 Å². The zero-order chi connectivity index (χ0) is 14.3. The first-order valence-corrected chi connectivity index (χ1v) is 7.70. The third-order valence-electron chi connectivity index (χ3n) is 2.74. The van der Waals surface area contributed by atoms with Crippen LogP contribution >= 0.6 is 0 Å². The summed E-state index contributed by atoms with van der Waals surface area (Å²) in [6.07, 6.45) is 2.30. The number of aryl methyl sites for hydroxylation is 1. The van der Waals surface area contributed by atoms with E-state index < -0.39 is 21.9 Å². The molecular formula is C12H18N2O4S. The summed E-state index contributed by atoms with van der Waals surface area (Å²) in [5.74, 6) is -1.78. The predicted octanol–water partition coefficient (Wildman–Crippen LogP) is 0.654. The molecule has 0 bridgehead atoms. The first-order chi connectivity index (χ1) is 8.94. The number of aliphatic carboxylic acids is 1. The van der Waals surface area contributed by atoms with Crippen molar-refractivity contribution in [2.75, 3.05) is 12.3 Å². The molecule has 0 radical (unpaired) electrons. The molecule has 7 heteroatoms. The lowest BCUT2D eigenvalue weighted by atomic mass is 10.1. The summed E-state index contributed by atoms with van der Waals surface area (Å²) in [4.78, 5) is 14.8. The molecule has 0 saturated heterocycles. The fourth-order valence-electron chi connectivity index (χ4n) is 1.49. The Hall–Kier alpha value is -1.47. The molecule has 6 nitrogen and oxygen atoms in total. The molecule has 0 amide bonds. The summed E-state index contributed by atoms with van der Waals surface area (Å²) in [6, 6.07) is 5.30. The van der Waals surface area contributed by atoms with Gasteiger partial charge in [-0.2, -0.15) is 0 Å². The normalized spacial score (nSPS) is 13.1. The second-order valence-corrected chi connectivity index (χ2v) is 6.11. The summed E-state index contributed by atoms with van der Waals surface area (Å²) in [7, 11) is -3.47. The lowest BCUT2D eigenvalue weighted by molar-refractivity contribution is -0.141. The molecular weight excluding hydrogens is 268 g/mol. The van der Waals surface area contributed by atoms with E-state index in [1.807, 2.05) is 0 Å². The summed E-state index contributed by atoms with van der Waals surface area (Å²) in [5.41, 5.74) is 0.693. The van der Waals surface area contributed by atoms with Crippen molar-refractivity contribution in [1.82, 2.24) is 9.71 Å². The van der Waals surface area contributed by atoms with E-state index in [-0.39, 0.29) is 12.3 Å². The number of carboxylic acid groups (broad SMARTS) is 1. The van der Waals surface area contributed by atoms with E-state index in [2.05, 4.69) is 9.71 Å².